The van der Waals surface area contributed by atoms with Crippen LogP contribution < -0.4 is 0 Å². The third-order valence-corrected chi connectivity index (χ3v) is 5.20. The highest BCUT2D eigenvalue weighted by Gasteiger charge is 2.14. The molecular formula is C22H14N4O2S. The van der Waals surface area contributed by atoms with Crippen molar-refractivity contribution in [2.45, 2.75) is 0 Å². The summed E-state index contributed by atoms with van der Waals surface area (Å²) in [6.07, 6.45) is 3.65. The van der Waals surface area contributed by atoms with Crippen molar-refractivity contribution in [3.63, 3.8) is 0 Å². The molecule has 0 unspecified atom stereocenters. The standard InChI is InChI=1S/C22H14N4O2S/c23-14-17(16-8-10-20(11-9-16)26(27)28)13-18-15-25(19-5-2-1-3-6-19)24-22(18)21-7-4-12-29-21/h1-13,15H/b17-13-. The summed E-state index contributed by atoms with van der Waals surface area (Å²) in [7, 11) is 0. The van der Waals surface area contributed by atoms with Crippen LogP contribution in [-0.4, -0.2) is 14.7 Å². The number of benzene rings is 2. The van der Waals surface area contributed by atoms with Crippen LogP contribution in [0.1, 0.15) is 11.1 Å². The summed E-state index contributed by atoms with van der Waals surface area (Å²) in [6, 6.07) is 21.8. The van der Waals surface area contributed by atoms with Crippen molar-refractivity contribution in [2.24, 2.45) is 0 Å². The first-order valence-corrected chi connectivity index (χ1v) is 9.59. The number of nitrogens with zero attached hydrogens (tertiary/aromatic N) is 4. The van der Waals surface area contributed by atoms with E-state index in [1.165, 1.54) is 12.1 Å². The van der Waals surface area contributed by atoms with Crippen LogP contribution in [-0.2, 0) is 0 Å². The van der Waals surface area contributed by atoms with Gasteiger partial charge in [-0.25, -0.2) is 4.68 Å². The van der Waals surface area contributed by atoms with Gasteiger partial charge in [0.15, 0.2) is 0 Å². The van der Waals surface area contributed by atoms with Crippen LogP contribution in [0, 0.1) is 21.4 Å². The van der Waals surface area contributed by atoms with Gasteiger partial charge in [-0.1, -0.05) is 24.3 Å². The maximum Gasteiger partial charge on any atom is 0.269 e. The van der Waals surface area contributed by atoms with E-state index in [9.17, 15) is 15.4 Å². The van der Waals surface area contributed by atoms with E-state index in [4.69, 9.17) is 5.10 Å². The van der Waals surface area contributed by atoms with Crippen LogP contribution in [0.4, 0.5) is 5.69 Å². The van der Waals surface area contributed by atoms with E-state index in [2.05, 4.69) is 6.07 Å². The normalized spacial score (nSPS) is 11.2. The lowest BCUT2D eigenvalue weighted by Crippen LogP contribution is -1.93. The molecule has 0 aliphatic rings. The lowest BCUT2D eigenvalue weighted by atomic mass is 10.0. The first kappa shape index (κ1) is 18.3. The summed E-state index contributed by atoms with van der Waals surface area (Å²) in [5, 5.41) is 27.3. The second-order valence-electron chi connectivity index (χ2n) is 6.16. The van der Waals surface area contributed by atoms with Crippen molar-refractivity contribution in [2.75, 3.05) is 0 Å². The molecule has 0 fully saturated rings. The second kappa shape index (κ2) is 7.92. The molecule has 2 aromatic carbocycles. The number of non-ortho nitro benzene ring substituents is 1. The van der Waals surface area contributed by atoms with Crippen molar-refractivity contribution in [3.8, 4) is 22.3 Å². The molecule has 140 valence electrons. The molecule has 2 heterocycles. The Labute approximate surface area is 170 Å². The number of nitro groups is 1. The summed E-state index contributed by atoms with van der Waals surface area (Å²) in [5.74, 6) is 0. The molecular weight excluding hydrogens is 384 g/mol. The van der Waals surface area contributed by atoms with Gasteiger partial charge in [-0.2, -0.15) is 10.4 Å². The van der Waals surface area contributed by atoms with Gasteiger partial charge in [0, 0.05) is 23.9 Å². The van der Waals surface area contributed by atoms with E-state index >= 15 is 0 Å². The molecule has 7 heteroatoms. The van der Waals surface area contributed by atoms with Crippen LogP contribution >= 0.6 is 11.3 Å². The molecule has 0 aliphatic heterocycles. The topological polar surface area (TPSA) is 84.8 Å². The molecule has 29 heavy (non-hydrogen) atoms. The average molecular weight is 398 g/mol. The van der Waals surface area contributed by atoms with Gasteiger partial charge in [0.2, 0.25) is 0 Å². The summed E-state index contributed by atoms with van der Waals surface area (Å²) in [6.45, 7) is 0. The molecule has 6 nitrogen and oxygen atoms in total. The number of hydrogen-bond donors (Lipinski definition) is 0. The minimum Gasteiger partial charge on any atom is -0.258 e. The Hall–Kier alpha value is -4.02. The summed E-state index contributed by atoms with van der Waals surface area (Å²) < 4.78 is 1.78. The summed E-state index contributed by atoms with van der Waals surface area (Å²) in [5.41, 5.74) is 3.50. The average Bonchev–Trinajstić information content (AvgIpc) is 3.42. The highest BCUT2D eigenvalue weighted by Crippen LogP contribution is 2.31. The second-order valence-corrected chi connectivity index (χ2v) is 7.11. The molecule has 2 aromatic heterocycles. The van der Waals surface area contributed by atoms with Gasteiger partial charge in [0.1, 0.15) is 5.69 Å². The molecule has 0 amide bonds. The van der Waals surface area contributed by atoms with Gasteiger partial charge >= 0.3 is 0 Å². The third kappa shape index (κ3) is 3.83. The van der Waals surface area contributed by atoms with E-state index in [0.717, 1.165) is 21.8 Å². The monoisotopic (exact) mass is 398 g/mol. The van der Waals surface area contributed by atoms with Gasteiger partial charge in [-0.15, -0.1) is 11.3 Å². The highest BCUT2D eigenvalue weighted by atomic mass is 32.1. The zero-order chi connectivity index (χ0) is 20.2. The molecule has 0 saturated heterocycles. The lowest BCUT2D eigenvalue weighted by molar-refractivity contribution is -0.384. The van der Waals surface area contributed by atoms with Crippen molar-refractivity contribution in [1.82, 2.24) is 9.78 Å². The third-order valence-electron chi connectivity index (χ3n) is 4.33. The number of aromatic nitrogens is 2. The number of allylic oxidation sites excluding steroid dienone is 1. The number of nitriles is 1. The Kier molecular flexibility index (Phi) is 5.01. The molecule has 0 aliphatic carbocycles. The van der Waals surface area contributed by atoms with Gasteiger partial charge in [-0.3, -0.25) is 10.1 Å². The molecule has 0 N–H and O–H groups in total. The Morgan fingerprint density at radius 1 is 1.10 bits per heavy atom. The largest absolute Gasteiger partial charge is 0.269 e. The van der Waals surface area contributed by atoms with E-state index in [1.807, 2.05) is 54.0 Å². The molecule has 0 spiro atoms. The number of para-hydroxylation sites is 1. The Balaban J connectivity index is 1.81. The minimum absolute atomic E-state index is 0.0118. The Morgan fingerprint density at radius 3 is 2.48 bits per heavy atom. The SMILES string of the molecule is N#C/C(=C/c1cn(-c2ccccc2)nc1-c1cccs1)c1ccc([N+](=O)[O-])cc1. The number of thiophene rings is 1. The molecule has 0 saturated carbocycles. The molecule has 0 bridgehead atoms. The smallest absolute Gasteiger partial charge is 0.258 e. The van der Waals surface area contributed by atoms with Crippen molar-refractivity contribution >= 4 is 28.7 Å². The predicted octanol–water partition coefficient (Wildman–Crippen LogP) is 5.57. The van der Waals surface area contributed by atoms with E-state index in [1.54, 1.807) is 34.2 Å². The first-order valence-electron chi connectivity index (χ1n) is 8.71. The first-order chi connectivity index (χ1) is 14.2. The van der Waals surface area contributed by atoms with Crippen LogP contribution in [0.25, 0.3) is 27.9 Å². The van der Waals surface area contributed by atoms with Gasteiger partial charge in [-0.05, 0) is 47.4 Å². The molecule has 0 radical (unpaired) electrons. The van der Waals surface area contributed by atoms with Gasteiger partial charge in [0.05, 0.1) is 27.1 Å². The van der Waals surface area contributed by atoms with Crippen molar-refractivity contribution in [1.29, 1.82) is 5.26 Å². The fourth-order valence-electron chi connectivity index (χ4n) is 2.91. The number of hydrogen-bond acceptors (Lipinski definition) is 5. The highest BCUT2D eigenvalue weighted by molar-refractivity contribution is 7.13. The zero-order valence-corrected chi connectivity index (χ0v) is 15.9. The van der Waals surface area contributed by atoms with Crippen molar-refractivity contribution in [3.05, 3.63) is 99.5 Å². The van der Waals surface area contributed by atoms with E-state index in [0.29, 0.717) is 11.1 Å². The molecule has 4 aromatic rings. The zero-order valence-electron chi connectivity index (χ0n) is 15.1. The maximum absolute atomic E-state index is 10.9. The van der Waals surface area contributed by atoms with Crippen molar-refractivity contribution < 1.29 is 4.92 Å². The van der Waals surface area contributed by atoms with E-state index in [-0.39, 0.29) is 5.69 Å². The number of rotatable bonds is 5. The quantitative estimate of drug-likeness (QED) is 0.250. The minimum atomic E-state index is -0.460. The Bertz CT molecular complexity index is 1220. The Morgan fingerprint density at radius 2 is 1.86 bits per heavy atom. The van der Waals surface area contributed by atoms with Crippen LogP contribution in [0.3, 0.4) is 0 Å². The summed E-state index contributed by atoms with van der Waals surface area (Å²) in [4.78, 5) is 11.4. The maximum atomic E-state index is 10.9. The number of nitro benzene ring substituents is 1. The van der Waals surface area contributed by atoms with Crippen LogP contribution in [0.2, 0.25) is 0 Å². The fourth-order valence-corrected chi connectivity index (χ4v) is 3.64. The van der Waals surface area contributed by atoms with Gasteiger partial charge < -0.3 is 0 Å². The molecule has 4 rings (SSSR count). The van der Waals surface area contributed by atoms with Gasteiger partial charge in [0.25, 0.3) is 5.69 Å². The summed E-state index contributed by atoms with van der Waals surface area (Å²) >= 11 is 1.57. The van der Waals surface area contributed by atoms with E-state index < -0.39 is 4.92 Å². The molecule has 0 atom stereocenters. The van der Waals surface area contributed by atoms with Crippen LogP contribution in [0.15, 0.2) is 78.3 Å². The fraction of sp³-hybridized carbons (Fsp3) is 0. The predicted molar refractivity (Wildman–Crippen MR) is 113 cm³/mol. The lowest BCUT2D eigenvalue weighted by Gasteiger charge is -2.00. The van der Waals surface area contributed by atoms with Crippen LogP contribution in [0.5, 0.6) is 0 Å².